The summed E-state index contributed by atoms with van der Waals surface area (Å²) in [5.74, 6) is -0.390. The third-order valence-corrected chi connectivity index (χ3v) is 3.81. The Bertz CT molecular complexity index is 696. The van der Waals surface area contributed by atoms with Gasteiger partial charge in [0.2, 0.25) is 0 Å². The molecule has 0 radical (unpaired) electrons. The van der Waals surface area contributed by atoms with Crippen molar-refractivity contribution in [1.82, 2.24) is 4.98 Å². The molecule has 21 heavy (non-hydrogen) atoms. The Kier molecular flexibility index (Phi) is 4.96. The van der Waals surface area contributed by atoms with Crippen LogP contribution >= 0.6 is 43.5 Å². The van der Waals surface area contributed by atoms with Crippen molar-refractivity contribution < 1.29 is 9.53 Å². The maximum Gasteiger partial charge on any atom is 0.339 e. The summed E-state index contributed by atoms with van der Waals surface area (Å²) >= 11 is 12.8. The lowest BCUT2D eigenvalue weighted by Crippen LogP contribution is -2.24. The highest BCUT2D eigenvalue weighted by Gasteiger charge is 2.22. The molecule has 0 saturated carbocycles. The second kappa shape index (κ2) is 6.23. The van der Waals surface area contributed by atoms with Crippen LogP contribution in [0.2, 0.25) is 5.02 Å². The molecule has 2 rings (SSSR count). The van der Waals surface area contributed by atoms with Gasteiger partial charge in [0, 0.05) is 10.4 Å². The second-order valence-corrected chi connectivity index (χ2v) is 9.06. The molecule has 1 aromatic carbocycles. The summed E-state index contributed by atoms with van der Waals surface area (Å²) in [6.07, 6.45) is 0. The standard InChI is InChI=1S/C15H14Br2ClNO2/c1-15(2,3)21-14(20)10-7-12(13(16)17)19-11-5-4-8(18)6-9(10)11/h4-7,13H,1-3H3. The summed E-state index contributed by atoms with van der Waals surface area (Å²) in [6, 6.07) is 6.97. The first-order chi connectivity index (χ1) is 9.67. The van der Waals surface area contributed by atoms with Gasteiger partial charge in [0.25, 0.3) is 0 Å². The van der Waals surface area contributed by atoms with Gasteiger partial charge in [-0.3, -0.25) is 4.98 Å². The van der Waals surface area contributed by atoms with E-state index in [2.05, 4.69) is 36.8 Å². The number of ether oxygens (including phenoxy) is 1. The van der Waals surface area contributed by atoms with E-state index >= 15 is 0 Å². The minimum atomic E-state index is -0.562. The largest absolute Gasteiger partial charge is 0.456 e. The number of halogens is 3. The summed E-state index contributed by atoms with van der Waals surface area (Å²) in [7, 11) is 0. The van der Waals surface area contributed by atoms with Crippen LogP contribution in [0.4, 0.5) is 0 Å². The van der Waals surface area contributed by atoms with Crippen LogP contribution in [0.25, 0.3) is 10.9 Å². The van der Waals surface area contributed by atoms with Crippen LogP contribution in [-0.2, 0) is 4.74 Å². The number of benzene rings is 1. The van der Waals surface area contributed by atoms with Crippen molar-refractivity contribution in [2.24, 2.45) is 0 Å². The number of hydrogen-bond acceptors (Lipinski definition) is 3. The predicted molar refractivity (Wildman–Crippen MR) is 92.5 cm³/mol. The number of esters is 1. The Morgan fingerprint density at radius 1 is 1.29 bits per heavy atom. The lowest BCUT2D eigenvalue weighted by Gasteiger charge is -2.20. The third-order valence-electron chi connectivity index (χ3n) is 2.63. The summed E-state index contributed by atoms with van der Waals surface area (Å²) in [6.45, 7) is 5.50. The molecular formula is C15H14Br2ClNO2. The third kappa shape index (κ3) is 4.18. The number of nitrogens with zero attached hydrogens (tertiary/aromatic N) is 1. The van der Waals surface area contributed by atoms with E-state index in [-0.39, 0.29) is 9.71 Å². The molecule has 3 nitrogen and oxygen atoms in total. The molecule has 0 saturated heterocycles. The molecule has 0 aliphatic heterocycles. The number of aromatic nitrogens is 1. The first-order valence-corrected chi connectivity index (χ1v) is 8.50. The number of fused-ring (bicyclic) bond motifs is 1. The van der Waals surface area contributed by atoms with E-state index in [1.54, 1.807) is 24.3 Å². The number of carbonyl (C=O) groups is 1. The lowest BCUT2D eigenvalue weighted by molar-refractivity contribution is 0.00717. The van der Waals surface area contributed by atoms with E-state index in [1.807, 2.05) is 20.8 Å². The molecule has 0 aliphatic carbocycles. The molecule has 0 amide bonds. The highest BCUT2D eigenvalue weighted by atomic mass is 79.9. The summed E-state index contributed by atoms with van der Waals surface area (Å²) in [5, 5.41) is 1.23. The van der Waals surface area contributed by atoms with Crippen LogP contribution < -0.4 is 0 Å². The summed E-state index contributed by atoms with van der Waals surface area (Å²) < 4.78 is 5.32. The van der Waals surface area contributed by atoms with Crippen LogP contribution in [-0.4, -0.2) is 16.6 Å². The van der Waals surface area contributed by atoms with Crippen molar-refractivity contribution in [2.45, 2.75) is 30.1 Å². The molecule has 112 valence electrons. The van der Waals surface area contributed by atoms with Crippen LogP contribution in [0.3, 0.4) is 0 Å². The van der Waals surface area contributed by atoms with Gasteiger partial charge < -0.3 is 4.74 Å². The number of rotatable bonds is 2. The van der Waals surface area contributed by atoms with Gasteiger partial charge in [-0.05, 0) is 45.0 Å². The van der Waals surface area contributed by atoms with Gasteiger partial charge in [-0.25, -0.2) is 4.79 Å². The van der Waals surface area contributed by atoms with E-state index in [0.717, 1.165) is 0 Å². The average molecular weight is 436 g/mol. The van der Waals surface area contributed by atoms with Crippen molar-refractivity contribution >= 4 is 60.3 Å². The van der Waals surface area contributed by atoms with E-state index < -0.39 is 5.60 Å². The maximum absolute atomic E-state index is 12.4. The van der Waals surface area contributed by atoms with Crippen molar-refractivity contribution in [1.29, 1.82) is 0 Å². The van der Waals surface area contributed by atoms with Gasteiger partial charge >= 0.3 is 5.97 Å². The van der Waals surface area contributed by atoms with E-state index in [0.29, 0.717) is 27.2 Å². The highest BCUT2D eigenvalue weighted by molar-refractivity contribution is 9.24. The van der Waals surface area contributed by atoms with Crippen molar-refractivity contribution in [3.05, 3.63) is 40.5 Å². The molecule has 1 heterocycles. The molecule has 6 heteroatoms. The predicted octanol–water partition coefficient (Wildman–Crippen LogP) is 5.63. The molecule has 0 aliphatic rings. The molecule has 0 spiro atoms. The van der Waals surface area contributed by atoms with Crippen LogP contribution in [0.15, 0.2) is 24.3 Å². The van der Waals surface area contributed by atoms with Crippen LogP contribution in [0.1, 0.15) is 40.6 Å². The Morgan fingerprint density at radius 3 is 2.52 bits per heavy atom. The first-order valence-electron chi connectivity index (χ1n) is 6.29. The number of carbonyl (C=O) groups excluding carboxylic acids is 1. The summed E-state index contributed by atoms with van der Waals surface area (Å²) in [5.41, 5.74) is 1.29. The lowest BCUT2D eigenvalue weighted by atomic mass is 10.1. The van der Waals surface area contributed by atoms with Gasteiger partial charge in [0.15, 0.2) is 0 Å². The number of hydrogen-bond donors (Lipinski definition) is 0. The number of alkyl halides is 2. The van der Waals surface area contributed by atoms with Gasteiger partial charge in [0.05, 0.1) is 16.8 Å². The monoisotopic (exact) mass is 433 g/mol. The Labute approximate surface area is 145 Å². The Hall–Kier alpha value is -0.650. The molecule has 0 bridgehead atoms. The minimum Gasteiger partial charge on any atom is -0.456 e. The fraction of sp³-hybridized carbons (Fsp3) is 0.333. The summed E-state index contributed by atoms with van der Waals surface area (Å²) in [4.78, 5) is 16.9. The maximum atomic E-state index is 12.4. The zero-order chi connectivity index (χ0) is 15.8. The topological polar surface area (TPSA) is 39.2 Å². The highest BCUT2D eigenvalue weighted by Crippen LogP contribution is 2.32. The number of pyridine rings is 1. The quantitative estimate of drug-likeness (QED) is 0.453. The fourth-order valence-corrected chi connectivity index (χ4v) is 2.47. The molecule has 0 N–H and O–H groups in total. The molecule has 1 aromatic heterocycles. The fourth-order valence-electron chi connectivity index (χ4n) is 1.83. The van der Waals surface area contributed by atoms with Crippen molar-refractivity contribution in [2.75, 3.05) is 0 Å². The zero-order valence-corrected chi connectivity index (χ0v) is 15.7. The van der Waals surface area contributed by atoms with Gasteiger partial charge in [-0.1, -0.05) is 43.5 Å². The van der Waals surface area contributed by atoms with E-state index in [9.17, 15) is 4.79 Å². The normalized spacial score (nSPS) is 12.0. The smallest absolute Gasteiger partial charge is 0.339 e. The SMILES string of the molecule is CC(C)(C)OC(=O)c1cc(C(Br)Br)nc2ccc(Cl)cc12. The minimum absolute atomic E-state index is 0.147. The molecule has 0 unspecified atom stereocenters. The van der Waals surface area contributed by atoms with Gasteiger partial charge in [-0.15, -0.1) is 0 Å². The molecular weight excluding hydrogens is 421 g/mol. The molecule has 0 atom stereocenters. The van der Waals surface area contributed by atoms with E-state index in [1.165, 1.54) is 0 Å². The average Bonchev–Trinajstić information content (AvgIpc) is 2.35. The Morgan fingerprint density at radius 2 is 1.95 bits per heavy atom. The Balaban J connectivity index is 2.63. The van der Waals surface area contributed by atoms with Crippen molar-refractivity contribution in [3.8, 4) is 0 Å². The first kappa shape index (κ1) is 16.7. The molecule has 2 aromatic rings. The van der Waals surface area contributed by atoms with Gasteiger partial charge in [0.1, 0.15) is 9.34 Å². The van der Waals surface area contributed by atoms with E-state index in [4.69, 9.17) is 16.3 Å². The van der Waals surface area contributed by atoms with Gasteiger partial charge in [-0.2, -0.15) is 0 Å². The van der Waals surface area contributed by atoms with Crippen molar-refractivity contribution in [3.63, 3.8) is 0 Å². The zero-order valence-electron chi connectivity index (χ0n) is 11.8. The molecule has 0 fully saturated rings. The van der Waals surface area contributed by atoms with Crippen LogP contribution in [0.5, 0.6) is 0 Å². The second-order valence-electron chi connectivity index (χ2n) is 5.56. The van der Waals surface area contributed by atoms with Crippen LogP contribution in [0, 0.1) is 0 Å².